The van der Waals surface area contributed by atoms with Gasteiger partial charge >= 0.3 is 0 Å². The van der Waals surface area contributed by atoms with Crippen molar-refractivity contribution in [3.63, 3.8) is 0 Å². The predicted octanol–water partition coefficient (Wildman–Crippen LogP) is 1.23. The van der Waals surface area contributed by atoms with Gasteiger partial charge in [0.15, 0.2) is 0 Å². The number of hydrogen-bond acceptors (Lipinski definition) is 7. The zero-order valence-electron chi connectivity index (χ0n) is 15.4. The summed E-state index contributed by atoms with van der Waals surface area (Å²) in [6, 6.07) is 7.62. The zero-order valence-corrected chi connectivity index (χ0v) is 16.2. The molecule has 1 atom stereocenters. The molecule has 1 aromatic heterocycles. The van der Waals surface area contributed by atoms with Crippen LogP contribution in [0.5, 0.6) is 0 Å². The number of morpholine rings is 1. The molecule has 0 spiro atoms. The molecule has 1 fully saturated rings. The molecule has 144 valence electrons. The summed E-state index contributed by atoms with van der Waals surface area (Å²) in [4.78, 5) is 11.7. The lowest BCUT2D eigenvalue weighted by molar-refractivity contribution is 0.0981. The average Bonchev–Trinajstić information content (AvgIpc) is 3.07. The lowest BCUT2D eigenvalue weighted by Gasteiger charge is -2.33. The van der Waals surface area contributed by atoms with E-state index in [4.69, 9.17) is 20.4 Å². The van der Waals surface area contributed by atoms with Crippen LogP contribution in [0.2, 0.25) is 0 Å². The number of benzene rings is 1. The molecule has 2 aliphatic rings. The summed E-state index contributed by atoms with van der Waals surface area (Å²) in [7, 11) is -3.31. The Morgan fingerprint density at radius 2 is 1.93 bits per heavy atom. The van der Waals surface area contributed by atoms with Crippen molar-refractivity contribution >= 4 is 21.7 Å². The number of anilines is 2. The van der Waals surface area contributed by atoms with Gasteiger partial charge in [0, 0.05) is 29.9 Å². The van der Waals surface area contributed by atoms with Crippen LogP contribution in [0.4, 0.5) is 11.6 Å². The molecule has 1 saturated heterocycles. The summed E-state index contributed by atoms with van der Waals surface area (Å²) in [5.74, 6) is 0.617. The van der Waals surface area contributed by atoms with Crippen LogP contribution in [0.3, 0.4) is 0 Å². The minimum atomic E-state index is -3.31. The number of nitrogens with zero attached hydrogens (tertiary/aromatic N) is 4. The highest BCUT2D eigenvalue weighted by Crippen LogP contribution is 2.34. The maximum absolute atomic E-state index is 12.1. The number of nitrogen functional groups attached to an aromatic ring is 1. The van der Waals surface area contributed by atoms with Gasteiger partial charge in [-0.2, -0.15) is 4.31 Å². The molecular formula is C18H23N5O3S. The van der Waals surface area contributed by atoms with Gasteiger partial charge in [-0.05, 0) is 19.1 Å². The van der Waals surface area contributed by atoms with E-state index in [-0.39, 0.29) is 19.1 Å². The van der Waals surface area contributed by atoms with Gasteiger partial charge in [0.05, 0.1) is 43.4 Å². The van der Waals surface area contributed by atoms with E-state index in [0.717, 1.165) is 22.5 Å². The van der Waals surface area contributed by atoms with Crippen LogP contribution in [-0.4, -0.2) is 54.7 Å². The number of ether oxygens (including phenoxy) is 1. The number of hydrogen-bond donors (Lipinski definition) is 1. The Hall–Kier alpha value is -2.23. The fraction of sp³-hybridized carbons (Fsp3) is 0.444. The third-order valence-electron chi connectivity index (χ3n) is 5.02. The maximum atomic E-state index is 12.1. The molecule has 1 aromatic carbocycles. The first-order chi connectivity index (χ1) is 12.8. The number of sulfonamides is 1. The molecule has 2 N–H and O–H groups in total. The summed E-state index contributed by atoms with van der Waals surface area (Å²) in [5, 5.41) is 0. The first-order valence-corrected chi connectivity index (χ1v) is 10.7. The van der Waals surface area contributed by atoms with E-state index < -0.39 is 10.0 Å². The van der Waals surface area contributed by atoms with Gasteiger partial charge < -0.3 is 15.4 Å². The lowest BCUT2D eigenvalue weighted by atomic mass is 10.1. The monoisotopic (exact) mass is 389 g/mol. The highest BCUT2D eigenvalue weighted by molar-refractivity contribution is 7.88. The van der Waals surface area contributed by atoms with Crippen molar-refractivity contribution in [1.29, 1.82) is 0 Å². The Morgan fingerprint density at radius 1 is 1.19 bits per heavy atom. The molecule has 3 heterocycles. The van der Waals surface area contributed by atoms with Gasteiger partial charge in [0.1, 0.15) is 0 Å². The van der Waals surface area contributed by atoms with Gasteiger partial charge in [-0.3, -0.25) is 0 Å². The second-order valence-electron chi connectivity index (χ2n) is 7.07. The SMILES string of the molecule is C[C@H]1COCCN1c1nc2c(c(-c3ccc(N)cc3)n1)CN(S(C)(=O)=O)C2. The molecule has 4 rings (SSSR count). The van der Waals surface area contributed by atoms with E-state index in [2.05, 4.69) is 11.8 Å². The minimum Gasteiger partial charge on any atom is -0.399 e. The van der Waals surface area contributed by atoms with Gasteiger partial charge in [0.25, 0.3) is 0 Å². The summed E-state index contributed by atoms with van der Waals surface area (Å²) in [6.45, 7) is 4.57. The first kappa shape index (κ1) is 18.1. The molecule has 0 saturated carbocycles. The normalized spacial score (nSPS) is 20.7. The molecule has 0 aliphatic carbocycles. The van der Waals surface area contributed by atoms with Gasteiger partial charge in [0.2, 0.25) is 16.0 Å². The summed E-state index contributed by atoms with van der Waals surface area (Å²) >= 11 is 0. The Labute approximate surface area is 159 Å². The van der Waals surface area contributed by atoms with Gasteiger partial charge in [-0.15, -0.1) is 0 Å². The van der Waals surface area contributed by atoms with Crippen LogP contribution >= 0.6 is 0 Å². The topological polar surface area (TPSA) is 102 Å². The van der Waals surface area contributed by atoms with E-state index in [1.807, 2.05) is 24.3 Å². The Morgan fingerprint density at radius 3 is 2.59 bits per heavy atom. The first-order valence-electron chi connectivity index (χ1n) is 8.88. The number of rotatable bonds is 3. The summed E-state index contributed by atoms with van der Waals surface area (Å²) in [6.07, 6.45) is 1.22. The Kier molecular flexibility index (Phi) is 4.53. The van der Waals surface area contributed by atoms with E-state index in [9.17, 15) is 8.42 Å². The van der Waals surface area contributed by atoms with Crippen molar-refractivity contribution in [3.05, 3.63) is 35.5 Å². The highest BCUT2D eigenvalue weighted by atomic mass is 32.2. The Bertz CT molecular complexity index is 962. The smallest absolute Gasteiger partial charge is 0.226 e. The van der Waals surface area contributed by atoms with Crippen molar-refractivity contribution < 1.29 is 13.2 Å². The minimum absolute atomic E-state index is 0.156. The molecule has 8 nitrogen and oxygen atoms in total. The van der Waals surface area contributed by atoms with Crippen LogP contribution in [0.25, 0.3) is 11.3 Å². The van der Waals surface area contributed by atoms with Crippen molar-refractivity contribution in [2.75, 3.05) is 36.6 Å². The van der Waals surface area contributed by atoms with E-state index in [1.54, 1.807) is 0 Å². The van der Waals surface area contributed by atoms with Crippen LogP contribution in [0.15, 0.2) is 24.3 Å². The molecular weight excluding hydrogens is 366 g/mol. The lowest BCUT2D eigenvalue weighted by Crippen LogP contribution is -2.44. The van der Waals surface area contributed by atoms with Crippen LogP contribution in [0.1, 0.15) is 18.2 Å². The second kappa shape index (κ2) is 6.74. The number of nitrogens with two attached hydrogens (primary N) is 1. The molecule has 0 radical (unpaired) electrons. The molecule has 0 bridgehead atoms. The third kappa shape index (κ3) is 3.50. The average molecular weight is 389 g/mol. The predicted molar refractivity (Wildman–Crippen MR) is 104 cm³/mol. The second-order valence-corrected chi connectivity index (χ2v) is 9.05. The van der Waals surface area contributed by atoms with Crippen LogP contribution < -0.4 is 10.6 Å². The number of aromatic nitrogens is 2. The van der Waals surface area contributed by atoms with Crippen LogP contribution in [-0.2, 0) is 27.8 Å². The number of fused-ring (bicyclic) bond motifs is 1. The van der Waals surface area contributed by atoms with E-state index in [1.165, 1.54) is 10.6 Å². The van der Waals surface area contributed by atoms with Crippen molar-refractivity contribution in [2.24, 2.45) is 0 Å². The van der Waals surface area contributed by atoms with E-state index >= 15 is 0 Å². The maximum Gasteiger partial charge on any atom is 0.226 e. The molecule has 27 heavy (non-hydrogen) atoms. The van der Waals surface area contributed by atoms with E-state index in [0.29, 0.717) is 31.4 Å². The van der Waals surface area contributed by atoms with Crippen molar-refractivity contribution in [1.82, 2.24) is 14.3 Å². The standard InChI is InChI=1S/C18H23N5O3S/c1-12-11-26-8-7-23(12)18-20-16-10-22(27(2,24)25)9-15(16)17(21-18)13-3-5-14(19)6-4-13/h3-6,12H,7-11,19H2,1-2H3/t12-/m0/s1. The molecule has 0 unspecified atom stereocenters. The van der Waals surface area contributed by atoms with Gasteiger partial charge in [-0.1, -0.05) is 12.1 Å². The summed E-state index contributed by atoms with van der Waals surface area (Å²) < 4.78 is 31.1. The fourth-order valence-corrected chi connectivity index (χ4v) is 4.20. The van der Waals surface area contributed by atoms with Crippen LogP contribution in [0, 0.1) is 0 Å². The van der Waals surface area contributed by atoms with Gasteiger partial charge in [-0.25, -0.2) is 18.4 Å². The van der Waals surface area contributed by atoms with Crippen molar-refractivity contribution in [2.45, 2.75) is 26.1 Å². The molecule has 9 heteroatoms. The third-order valence-corrected chi connectivity index (χ3v) is 6.22. The largest absolute Gasteiger partial charge is 0.399 e. The zero-order chi connectivity index (χ0) is 19.2. The quantitative estimate of drug-likeness (QED) is 0.788. The Balaban J connectivity index is 1.83. The fourth-order valence-electron chi connectivity index (χ4n) is 3.48. The highest BCUT2D eigenvalue weighted by Gasteiger charge is 2.32. The summed E-state index contributed by atoms with van der Waals surface area (Å²) in [5.41, 5.74) is 9.77. The molecule has 2 aromatic rings. The molecule has 0 amide bonds. The van der Waals surface area contributed by atoms with Crippen molar-refractivity contribution in [3.8, 4) is 11.3 Å². The molecule has 2 aliphatic heterocycles.